The van der Waals surface area contributed by atoms with Gasteiger partial charge in [-0.2, -0.15) is 12.8 Å². The van der Waals surface area contributed by atoms with Crippen LogP contribution in [0.3, 0.4) is 0 Å². The van der Waals surface area contributed by atoms with Crippen molar-refractivity contribution in [3.05, 3.63) is 96.1 Å². The fraction of sp³-hybridized carbons (Fsp3) is 0.136. The first-order valence-corrected chi connectivity index (χ1v) is 10.4. The Bertz CT molecular complexity index is 1030. The average molecular weight is 394 g/mol. The fourth-order valence-electron chi connectivity index (χ4n) is 2.70. The lowest BCUT2D eigenvalue weighted by atomic mass is 10.0. The van der Waals surface area contributed by atoms with E-state index in [9.17, 15) is 13.2 Å². The van der Waals surface area contributed by atoms with E-state index >= 15 is 0 Å². The monoisotopic (exact) mass is 394 g/mol. The van der Waals surface area contributed by atoms with Crippen molar-refractivity contribution in [2.24, 2.45) is 0 Å². The van der Waals surface area contributed by atoms with E-state index in [0.717, 1.165) is 9.98 Å². The van der Waals surface area contributed by atoms with Crippen LogP contribution in [0.1, 0.15) is 35.7 Å². The first-order valence-electron chi connectivity index (χ1n) is 8.96. The molecular formula is C22H22N2O3S. The van der Waals surface area contributed by atoms with Crippen LogP contribution in [0.15, 0.2) is 89.8 Å². The smallest absolute Gasteiger partial charge is 0.267 e. The number of anilines is 1. The van der Waals surface area contributed by atoms with E-state index in [1.54, 1.807) is 84.9 Å². The standard InChI is InChI=1S/C22H22N2O3S/c1-17(2)18-13-15-21(16-14-18)28(26,27)24(20-11-7-4-8-12-20)23-22(25)19-9-5-3-6-10-19/h3-17H,1-2H3,(H,23,25). The quantitative estimate of drug-likeness (QED) is 0.632. The molecule has 0 saturated heterocycles. The molecule has 0 unspecified atom stereocenters. The van der Waals surface area contributed by atoms with Gasteiger partial charge in [0, 0.05) is 5.56 Å². The Hall–Kier alpha value is -3.12. The van der Waals surface area contributed by atoms with Gasteiger partial charge in [-0.25, -0.2) is 5.43 Å². The Balaban J connectivity index is 1.99. The highest BCUT2D eigenvalue weighted by atomic mass is 32.2. The Morgan fingerprint density at radius 3 is 1.89 bits per heavy atom. The van der Waals surface area contributed by atoms with E-state index in [1.165, 1.54) is 0 Å². The van der Waals surface area contributed by atoms with Crippen LogP contribution in [0.2, 0.25) is 0 Å². The Labute approximate surface area is 165 Å². The van der Waals surface area contributed by atoms with Crippen molar-refractivity contribution in [2.75, 3.05) is 4.41 Å². The summed E-state index contributed by atoms with van der Waals surface area (Å²) in [5.74, 6) is -0.216. The molecule has 5 nitrogen and oxygen atoms in total. The number of amides is 1. The lowest BCUT2D eigenvalue weighted by Crippen LogP contribution is -2.46. The summed E-state index contributed by atoms with van der Waals surface area (Å²) >= 11 is 0. The van der Waals surface area contributed by atoms with Crippen molar-refractivity contribution >= 4 is 21.6 Å². The van der Waals surface area contributed by atoms with Crippen molar-refractivity contribution in [1.29, 1.82) is 0 Å². The second kappa shape index (κ2) is 8.27. The number of hydrogen-bond donors (Lipinski definition) is 1. The molecule has 0 radical (unpaired) electrons. The van der Waals surface area contributed by atoms with Crippen molar-refractivity contribution in [3.63, 3.8) is 0 Å². The van der Waals surface area contributed by atoms with Gasteiger partial charge in [-0.05, 0) is 47.9 Å². The van der Waals surface area contributed by atoms with Gasteiger partial charge in [0.1, 0.15) is 0 Å². The van der Waals surface area contributed by atoms with Crippen molar-refractivity contribution in [1.82, 2.24) is 5.43 Å². The molecule has 0 aliphatic heterocycles. The minimum Gasteiger partial charge on any atom is -0.267 e. The third-order valence-electron chi connectivity index (χ3n) is 4.31. The molecular weight excluding hydrogens is 372 g/mol. The minimum absolute atomic E-state index is 0.106. The molecule has 0 aliphatic rings. The topological polar surface area (TPSA) is 66.5 Å². The summed E-state index contributed by atoms with van der Waals surface area (Å²) in [5, 5.41) is 0. The third kappa shape index (κ3) is 4.23. The van der Waals surface area contributed by atoms with Gasteiger partial charge in [0.15, 0.2) is 0 Å². The molecule has 0 heterocycles. The number of nitrogens with zero attached hydrogens (tertiary/aromatic N) is 1. The van der Waals surface area contributed by atoms with Gasteiger partial charge in [0.2, 0.25) is 0 Å². The number of sulfonamides is 1. The van der Waals surface area contributed by atoms with Crippen LogP contribution in [-0.4, -0.2) is 14.3 Å². The van der Waals surface area contributed by atoms with Crippen molar-refractivity contribution < 1.29 is 13.2 Å². The van der Waals surface area contributed by atoms with E-state index in [0.29, 0.717) is 17.2 Å². The van der Waals surface area contributed by atoms with E-state index in [4.69, 9.17) is 0 Å². The molecule has 0 bridgehead atoms. The highest BCUT2D eigenvalue weighted by Crippen LogP contribution is 2.24. The van der Waals surface area contributed by atoms with Crippen LogP contribution >= 0.6 is 0 Å². The molecule has 0 fully saturated rings. The van der Waals surface area contributed by atoms with Crippen LogP contribution < -0.4 is 9.84 Å². The lowest BCUT2D eigenvalue weighted by Gasteiger charge is -2.25. The van der Waals surface area contributed by atoms with Crippen molar-refractivity contribution in [3.8, 4) is 0 Å². The molecule has 1 N–H and O–H groups in total. The van der Waals surface area contributed by atoms with Gasteiger partial charge in [-0.1, -0.05) is 62.4 Å². The van der Waals surface area contributed by atoms with E-state index in [-0.39, 0.29) is 4.90 Å². The van der Waals surface area contributed by atoms with Crippen molar-refractivity contribution in [2.45, 2.75) is 24.7 Å². The highest BCUT2D eigenvalue weighted by molar-refractivity contribution is 7.92. The summed E-state index contributed by atoms with van der Waals surface area (Å²) < 4.78 is 27.5. The first kappa shape index (κ1) is 19.6. The molecule has 0 spiro atoms. The maximum absolute atomic E-state index is 13.3. The molecule has 0 aliphatic carbocycles. The summed E-state index contributed by atoms with van der Waals surface area (Å²) in [4.78, 5) is 12.7. The zero-order valence-electron chi connectivity index (χ0n) is 15.7. The van der Waals surface area contributed by atoms with Gasteiger partial charge < -0.3 is 0 Å². The number of hydrogen-bond acceptors (Lipinski definition) is 3. The predicted molar refractivity (Wildman–Crippen MR) is 111 cm³/mol. The maximum Gasteiger partial charge on any atom is 0.281 e. The van der Waals surface area contributed by atoms with Crippen LogP contribution in [0, 0.1) is 0 Å². The van der Waals surface area contributed by atoms with Crippen LogP contribution in [0.25, 0.3) is 0 Å². The van der Waals surface area contributed by atoms with E-state index in [1.807, 2.05) is 13.8 Å². The van der Waals surface area contributed by atoms with Gasteiger partial charge >= 0.3 is 0 Å². The summed E-state index contributed by atoms with van der Waals surface area (Å²) in [7, 11) is -4.00. The second-order valence-electron chi connectivity index (χ2n) is 6.64. The zero-order chi connectivity index (χ0) is 20.1. The Kier molecular flexibility index (Phi) is 5.80. The summed E-state index contributed by atoms with van der Waals surface area (Å²) in [6, 6.07) is 23.7. The average Bonchev–Trinajstić information content (AvgIpc) is 2.73. The number of nitrogens with one attached hydrogen (secondary N) is 1. The van der Waals surface area contributed by atoms with Crippen LogP contribution in [-0.2, 0) is 10.0 Å². The summed E-state index contributed by atoms with van der Waals surface area (Å²) in [6.07, 6.45) is 0. The summed E-state index contributed by atoms with van der Waals surface area (Å²) in [5.41, 5.74) is 4.29. The molecule has 3 aromatic carbocycles. The van der Waals surface area contributed by atoms with Gasteiger partial charge in [-0.15, -0.1) is 0 Å². The first-order chi connectivity index (χ1) is 13.4. The maximum atomic E-state index is 13.3. The van der Waals surface area contributed by atoms with E-state index < -0.39 is 15.9 Å². The number of carbonyl (C=O) groups excluding carboxylic acids is 1. The zero-order valence-corrected chi connectivity index (χ0v) is 16.6. The van der Waals surface area contributed by atoms with Crippen LogP contribution in [0.4, 0.5) is 5.69 Å². The lowest BCUT2D eigenvalue weighted by molar-refractivity contribution is 0.0955. The number of para-hydroxylation sites is 1. The van der Waals surface area contributed by atoms with E-state index in [2.05, 4.69) is 5.43 Å². The molecule has 3 rings (SSSR count). The molecule has 1 amide bonds. The van der Waals surface area contributed by atoms with Gasteiger partial charge in [-0.3, -0.25) is 4.79 Å². The molecule has 28 heavy (non-hydrogen) atoms. The molecule has 6 heteroatoms. The number of benzene rings is 3. The normalized spacial score (nSPS) is 11.2. The van der Waals surface area contributed by atoms with Gasteiger partial charge in [0.05, 0.1) is 10.6 Å². The molecule has 0 saturated carbocycles. The second-order valence-corrected chi connectivity index (χ2v) is 8.42. The highest BCUT2D eigenvalue weighted by Gasteiger charge is 2.27. The number of rotatable bonds is 6. The largest absolute Gasteiger partial charge is 0.281 e. The number of carbonyl (C=O) groups is 1. The van der Waals surface area contributed by atoms with Crippen LogP contribution in [0.5, 0.6) is 0 Å². The Morgan fingerprint density at radius 2 is 1.36 bits per heavy atom. The number of hydrazine groups is 1. The minimum atomic E-state index is -4.00. The molecule has 0 atom stereocenters. The molecule has 3 aromatic rings. The van der Waals surface area contributed by atoms with Gasteiger partial charge in [0.25, 0.3) is 15.9 Å². The fourth-order valence-corrected chi connectivity index (χ4v) is 4.00. The third-order valence-corrected chi connectivity index (χ3v) is 5.97. The predicted octanol–water partition coefficient (Wildman–Crippen LogP) is 4.35. The Morgan fingerprint density at radius 1 is 0.821 bits per heavy atom. The SMILES string of the molecule is CC(C)c1ccc(S(=O)(=O)N(NC(=O)c2ccccc2)c2ccccc2)cc1. The summed E-state index contributed by atoms with van der Waals surface area (Å²) in [6.45, 7) is 4.08. The molecule has 144 valence electrons. The molecule has 0 aromatic heterocycles.